The molecule has 1 heterocycles. The molecule has 2 N–H and O–H groups in total. The van der Waals surface area contributed by atoms with Crippen molar-refractivity contribution in [3.05, 3.63) is 23.8 Å². The molecule has 0 bridgehead atoms. The molecule has 0 spiro atoms. The third-order valence-electron chi connectivity index (χ3n) is 4.15. The molecule has 1 aliphatic rings. The number of carbonyl (C=O) groups excluding carboxylic acids is 1. The van der Waals surface area contributed by atoms with Gasteiger partial charge in [0.2, 0.25) is 0 Å². The highest BCUT2D eigenvalue weighted by molar-refractivity contribution is 5.92. The summed E-state index contributed by atoms with van der Waals surface area (Å²) in [6, 6.07) is 5.91. The average Bonchev–Trinajstić information content (AvgIpc) is 2.47. The van der Waals surface area contributed by atoms with Crippen molar-refractivity contribution in [2.24, 2.45) is 0 Å². The van der Waals surface area contributed by atoms with E-state index in [-0.39, 0.29) is 5.97 Å². The zero-order chi connectivity index (χ0) is 15.4. The molecule has 1 aromatic rings. The highest BCUT2D eigenvalue weighted by Gasteiger charge is 2.22. The van der Waals surface area contributed by atoms with Crippen molar-refractivity contribution in [3.63, 3.8) is 0 Å². The van der Waals surface area contributed by atoms with Crippen LogP contribution < -0.4 is 10.6 Å². The van der Waals surface area contributed by atoms with Crippen molar-refractivity contribution in [2.45, 2.75) is 25.8 Å². The maximum atomic E-state index is 11.7. The molecule has 21 heavy (non-hydrogen) atoms. The molecule has 1 saturated heterocycles. The topological polar surface area (TPSA) is 58.8 Å². The lowest BCUT2D eigenvalue weighted by molar-refractivity contribution is 0.0526. The summed E-state index contributed by atoms with van der Waals surface area (Å²) in [5.74, 6) is -0.322. The van der Waals surface area contributed by atoms with Crippen LogP contribution in [0.15, 0.2) is 18.2 Å². The van der Waals surface area contributed by atoms with Crippen LogP contribution in [0.3, 0.4) is 0 Å². The third kappa shape index (κ3) is 3.67. The van der Waals surface area contributed by atoms with Gasteiger partial charge in [-0.05, 0) is 58.1 Å². The van der Waals surface area contributed by atoms with E-state index in [4.69, 9.17) is 10.5 Å². The van der Waals surface area contributed by atoms with Crippen LogP contribution in [-0.2, 0) is 4.74 Å². The lowest BCUT2D eigenvalue weighted by Gasteiger charge is -2.36. The maximum absolute atomic E-state index is 11.7. The standard InChI is InChI=1S/C16H25N3O2/c1-4-21-16(20)12-5-6-15(14(17)11-12)19(3)13-7-9-18(2)10-8-13/h5-6,11,13H,4,7-10,17H2,1-3H3. The van der Waals surface area contributed by atoms with E-state index < -0.39 is 0 Å². The van der Waals surface area contributed by atoms with Gasteiger partial charge in [-0.1, -0.05) is 0 Å². The first-order valence-corrected chi connectivity index (χ1v) is 7.51. The zero-order valence-corrected chi connectivity index (χ0v) is 13.1. The first kappa shape index (κ1) is 15.6. The van der Waals surface area contributed by atoms with Gasteiger partial charge >= 0.3 is 5.97 Å². The normalized spacial score (nSPS) is 16.7. The van der Waals surface area contributed by atoms with Crippen LogP contribution in [0.2, 0.25) is 0 Å². The van der Waals surface area contributed by atoms with Crippen molar-refractivity contribution >= 4 is 17.3 Å². The second-order valence-electron chi connectivity index (χ2n) is 5.64. The summed E-state index contributed by atoms with van der Waals surface area (Å²) in [5.41, 5.74) is 8.25. The highest BCUT2D eigenvalue weighted by Crippen LogP contribution is 2.28. The molecular formula is C16H25N3O2. The number of nitrogens with two attached hydrogens (primary N) is 1. The van der Waals surface area contributed by atoms with Crippen molar-refractivity contribution < 1.29 is 9.53 Å². The molecule has 0 aromatic heterocycles. The molecule has 1 aromatic carbocycles. The van der Waals surface area contributed by atoms with E-state index in [2.05, 4.69) is 23.9 Å². The van der Waals surface area contributed by atoms with Crippen LogP contribution in [0.25, 0.3) is 0 Å². The minimum atomic E-state index is -0.322. The minimum Gasteiger partial charge on any atom is -0.462 e. The minimum absolute atomic E-state index is 0.322. The highest BCUT2D eigenvalue weighted by atomic mass is 16.5. The van der Waals surface area contributed by atoms with Gasteiger partial charge < -0.3 is 20.3 Å². The Bertz CT molecular complexity index is 496. The number of likely N-dealkylation sites (tertiary alicyclic amines) is 1. The second-order valence-corrected chi connectivity index (χ2v) is 5.64. The molecule has 116 valence electrons. The SMILES string of the molecule is CCOC(=O)c1ccc(N(C)C2CCN(C)CC2)c(N)c1. The quantitative estimate of drug-likeness (QED) is 0.679. The van der Waals surface area contributed by atoms with Gasteiger partial charge in [-0.3, -0.25) is 0 Å². The largest absolute Gasteiger partial charge is 0.462 e. The number of benzene rings is 1. The molecule has 0 radical (unpaired) electrons. The third-order valence-corrected chi connectivity index (χ3v) is 4.15. The molecule has 0 atom stereocenters. The Hall–Kier alpha value is -1.75. The van der Waals surface area contributed by atoms with E-state index in [9.17, 15) is 4.79 Å². The molecular weight excluding hydrogens is 266 g/mol. The lowest BCUT2D eigenvalue weighted by atomic mass is 10.0. The molecule has 0 saturated carbocycles. The Morgan fingerprint density at radius 2 is 2.10 bits per heavy atom. The Kier molecular flexibility index (Phi) is 5.07. The molecule has 2 rings (SSSR count). The van der Waals surface area contributed by atoms with Crippen molar-refractivity contribution in [1.82, 2.24) is 4.90 Å². The van der Waals surface area contributed by atoms with Gasteiger partial charge in [0.15, 0.2) is 0 Å². The number of ether oxygens (including phenoxy) is 1. The monoisotopic (exact) mass is 291 g/mol. The Morgan fingerprint density at radius 3 is 2.67 bits per heavy atom. The molecule has 1 aliphatic heterocycles. The Morgan fingerprint density at radius 1 is 1.43 bits per heavy atom. The Balaban J connectivity index is 2.11. The second kappa shape index (κ2) is 6.80. The number of nitrogens with zero attached hydrogens (tertiary/aromatic N) is 2. The molecule has 0 aliphatic carbocycles. The summed E-state index contributed by atoms with van der Waals surface area (Å²) in [7, 11) is 4.23. The zero-order valence-electron chi connectivity index (χ0n) is 13.1. The smallest absolute Gasteiger partial charge is 0.338 e. The predicted octanol–water partition coefficient (Wildman–Crippen LogP) is 1.98. The fraction of sp³-hybridized carbons (Fsp3) is 0.562. The van der Waals surface area contributed by atoms with Crippen molar-refractivity contribution in [2.75, 3.05) is 44.4 Å². The molecule has 5 heteroatoms. The number of rotatable bonds is 4. The summed E-state index contributed by atoms with van der Waals surface area (Å²) in [5, 5.41) is 0. The molecule has 0 amide bonds. The van der Waals surface area contributed by atoms with E-state index >= 15 is 0 Å². The van der Waals surface area contributed by atoms with Crippen LogP contribution >= 0.6 is 0 Å². The summed E-state index contributed by atoms with van der Waals surface area (Å²) in [6.07, 6.45) is 2.26. The predicted molar refractivity (Wildman–Crippen MR) is 85.7 cm³/mol. The summed E-state index contributed by atoms with van der Waals surface area (Å²) >= 11 is 0. The first-order valence-electron chi connectivity index (χ1n) is 7.51. The summed E-state index contributed by atoms with van der Waals surface area (Å²) < 4.78 is 5.00. The van der Waals surface area contributed by atoms with Crippen LogP contribution in [0.4, 0.5) is 11.4 Å². The van der Waals surface area contributed by atoms with Crippen LogP contribution in [0.5, 0.6) is 0 Å². The van der Waals surface area contributed by atoms with Gasteiger partial charge in [-0.2, -0.15) is 0 Å². The molecule has 5 nitrogen and oxygen atoms in total. The van der Waals surface area contributed by atoms with E-state index in [0.717, 1.165) is 31.6 Å². The first-order chi connectivity index (χ1) is 10.0. The van der Waals surface area contributed by atoms with Crippen LogP contribution in [-0.4, -0.2) is 50.7 Å². The molecule has 0 unspecified atom stereocenters. The number of piperidine rings is 1. The van der Waals surface area contributed by atoms with E-state index in [1.165, 1.54) is 0 Å². The van der Waals surface area contributed by atoms with Gasteiger partial charge in [0.05, 0.1) is 23.5 Å². The number of hydrogen-bond acceptors (Lipinski definition) is 5. The number of carbonyl (C=O) groups is 1. The fourth-order valence-electron chi connectivity index (χ4n) is 2.80. The number of anilines is 2. The van der Waals surface area contributed by atoms with Gasteiger partial charge in [-0.25, -0.2) is 4.79 Å². The van der Waals surface area contributed by atoms with Crippen molar-refractivity contribution in [3.8, 4) is 0 Å². The molecule has 1 fully saturated rings. The number of nitrogen functional groups attached to an aromatic ring is 1. The number of hydrogen-bond donors (Lipinski definition) is 1. The fourth-order valence-corrected chi connectivity index (χ4v) is 2.80. The van der Waals surface area contributed by atoms with Crippen LogP contribution in [0.1, 0.15) is 30.1 Å². The van der Waals surface area contributed by atoms with E-state index in [0.29, 0.717) is 23.9 Å². The van der Waals surface area contributed by atoms with Gasteiger partial charge in [0, 0.05) is 13.1 Å². The van der Waals surface area contributed by atoms with Crippen molar-refractivity contribution in [1.29, 1.82) is 0 Å². The number of esters is 1. The van der Waals surface area contributed by atoms with E-state index in [1.807, 2.05) is 6.07 Å². The van der Waals surface area contributed by atoms with Gasteiger partial charge in [0.1, 0.15) is 0 Å². The van der Waals surface area contributed by atoms with Gasteiger partial charge in [-0.15, -0.1) is 0 Å². The van der Waals surface area contributed by atoms with E-state index in [1.54, 1.807) is 19.1 Å². The van der Waals surface area contributed by atoms with Gasteiger partial charge in [0.25, 0.3) is 0 Å². The Labute approximate surface area is 126 Å². The van der Waals surface area contributed by atoms with Crippen LogP contribution in [0, 0.1) is 0 Å². The average molecular weight is 291 g/mol. The lowest BCUT2D eigenvalue weighted by Crippen LogP contribution is -2.42. The summed E-state index contributed by atoms with van der Waals surface area (Å²) in [4.78, 5) is 16.3. The summed E-state index contributed by atoms with van der Waals surface area (Å²) in [6.45, 7) is 4.38. The maximum Gasteiger partial charge on any atom is 0.338 e.